The number of nitrogens with one attached hydrogen (secondary N) is 1. The maximum absolute atomic E-state index is 14.8. The second kappa shape index (κ2) is 8.94. The third-order valence-electron chi connectivity index (χ3n) is 5.15. The van der Waals surface area contributed by atoms with Gasteiger partial charge in [-0.05, 0) is 43.2 Å². The first-order chi connectivity index (χ1) is 14.5. The van der Waals surface area contributed by atoms with E-state index in [1.165, 1.54) is 4.90 Å². The van der Waals surface area contributed by atoms with Crippen molar-refractivity contribution in [3.63, 3.8) is 0 Å². The molecule has 2 amide bonds. The smallest absolute Gasteiger partial charge is 0.254 e. The summed E-state index contributed by atoms with van der Waals surface area (Å²) < 4.78 is 40.4. The molecule has 1 heterocycles. The highest BCUT2D eigenvalue weighted by Crippen LogP contribution is 2.34. The molecule has 0 aliphatic carbocycles. The predicted molar refractivity (Wildman–Crippen MR) is 116 cm³/mol. The van der Waals surface area contributed by atoms with Gasteiger partial charge in [-0.3, -0.25) is 9.59 Å². The van der Waals surface area contributed by atoms with Gasteiger partial charge in [0.05, 0.1) is 34.5 Å². The van der Waals surface area contributed by atoms with Crippen molar-refractivity contribution in [2.24, 2.45) is 5.73 Å². The van der Waals surface area contributed by atoms with Crippen LogP contribution < -0.4 is 16.0 Å². The summed E-state index contributed by atoms with van der Waals surface area (Å²) in [4.78, 5) is 26.3. The van der Waals surface area contributed by atoms with Gasteiger partial charge in [-0.15, -0.1) is 0 Å². The van der Waals surface area contributed by atoms with Crippen LogP contribution in [0.1, 0.15) is 36.2 Å². The maximum atomic E-state index is 14.8. The van der Waals surface area contributed by atoms with Crippen LogP contribution in [0.25, 0.3) is 0 Å². The van der Waals surface area contributed by atoms with E-state index in [0.717, 1.165) is 12.1 Å². The number of halogens is 2. The van der Waals surface area contributed by atoms with E-state index in [9.17, 15) is 22.4 Å². The molecule has 1 aliphatic heterocycles. The number of carbonyl (C=O) groups excluding carboxylic acids is 2. The lowest BCUT2D eigenvalue weighted by Gasteiger charge is -2.25. The molecule has 31 heavy (non-hydrogen) atoms. The van der Waals surface area contributed by atoms with Gasteiger partial charge in [-0.25, -0.2) is 12.8 Å². The number of hydrogen-bond acceptors (Lipinski definition) is 5. The Balaban J connectivity index is 2.15. The Bertz CT molecular complexity index is 1120. The van der Waals surface area contributed by atoms with E-state index in [0.29, 0.717) is 17.0 Å². The number of sulfone groups is 1. The van der Waals surface area contributed by atoms with Crippen LogP contribution in [0, 0.1) is 5.82 Å². The normalized spacial score (nSPS) is 18.8. The first-order valence-corrected chi connectivity index (χ1v) is 11.7. The summed E-state index contributed by atoms with van der Waals surface area (Å²) >= 11 is 5.91. The first-order valence-electron chi connectivity index (χ1n) is 9.72. The van der Waals surface area contributed by atoms with Crippen LogP contribution in [0.2, 0.25) is 5.02 Å². The summed E-state index contributed by atoms with van der Waals surface area (Å²) in [5, 5.41) is 3.15. The number of amides is 2. The van der Waals surface area contributed by atoms with Gasteiger partial charge < -0.3 is 16.0 Å². The van der Waals surface area contributed by atoms with E-state index in [1.807, 2.05) is 6.92 Å². The zero-order valence-corrected chi connectivity index (χ0v) is 18.6. The minimum Gasteiger partial charge on any atom is -0.350 e. The van der Waals surface area contributed by atoms with Crippen LogP contribution in [0.4, 0.5) is 10.1 Å². The molecular weight excluding hydrogens is 445 g/mol. The number of fused-ring (bicyclic) bond motifs is 1. The van der Waals surface area contributed by atoms with Crippen molar-refractivity contribution >= 4 is 38.9 Å². The SMILES string of the molecule is CCC(C)NC(=O)c1cc2c(cc1F)S(=O)(=O)C[C@H](N)C(=O)N2Cc1ccc(Cl)cc1. The van der Waals surface area contributed by atoms with Crippen LogP contribution in [-0.2, 0) is 21.2 Å². The molecule has 1 aliphatic rings. The Kier molecular flexibility index (Phi) is 6.68. The molecule has 0 spiro atoms. The summed E-state index contributed by atoms with van der Waals surface area (Å²) in [5.41, 5.74) is 6.09. The monoisotopic (exact) mass is 467 g/mol. The Labute approximate surface area is 185 Å². The molecule has 0 bridgehead atoms. The van der Waals surface area contributed by atoms with Crippen molar-refractivity contribution in [2.75, 3.05) is 10.7 Å². The van der Waals surface area contributed by atoms with E-state index in [4.69, 9.17) is 17.3 Å². The number of rotatable bonds is 5. The number of benzene rings is 2. The highest BCUT2D eigenvalue weighted by molar-refractivity contribution is 7.91. The first kappa shape index (κ1) is 23.2. The van der Waals surface area contributed by atoms with Gasteiger partial charge in [-0.1, -0.05) is 30.7 Å². The van der Waals surface area contributed by atoms with Crippen molar-refractivity contribution in [2.45, 2.75) is 43.8 Å². The van der Waals surface area contributed by atoms with Gasteiger partial charge in [0, 0.05) is 11.1 Å². The fraction of sp³-hybridized carbons (Fsp3) is 0.333. The fourth-order valence-corrected chi connectivity index (χ4v) is 4.92. The summed E-state index contributed by atoms with van der Waals surface area (Å²) in [6.07, 6.45) is 0.628. The highest BCUT2D eigenvalue weighted by atomic mass is 35.5. The van der Waals surface area contributed by atoms with Crippen molar-refractivity contribution in [1.29, 1.82) is 0 Å². The molecule has 0 fully saturated rings. The van der Waals surface area contributed by atoms with E-state index in [2.05, 4.69) is 5.32 Å². The lowest BCUT2D eigenvalue weighted by Crippen LogP contribution is -2.45. The van der Waals surface area contributed by atoms with Crippen molar-refractivity contribution in [3.05, 3.63) is 58.4 Å². The van der Waals surface area contributed by atoms with Gasteiger partial charge >= 0.3 is 0 Å². The number of nitrogens with zero attached hydrogens (tertiary/aromatic N) is 1. The minimum atomic E-state index is -4.07. The second-order valence-corrected chi connectivity index (χ2v) is 9.96. The molecular formula is C21H23ClFN3O4S. The standard InChI is InChI=1S/C21H23ClFN3O4S/c1-3-12(2)25-20(27)15-8-18-19(9-16(15)23)31(29,30)11-17(24)21(28)26(18)10-13-4-6-14(22)7-5-13/h4-9,12,17H,3,10-11,24H2,1-2H3,(H,25,27)/t12?,17-/m0/s1. The number of carbonyl (C=O) groups is 2. The van der Waals surface area contributed by atoms with Crippen LogP contribution in [0.15, 0.2) is 41.3 Å². The summed E-state index contributed by atoms with van der Waals surface area (Å²) in [6, 6.07) is 6.97. The van der Waals surface area contributed by atoms with Gasteiger partial charge in [-0.2, -0.15) is 0 Å². The zero-order valence-electron chi connectivity index (χ0n) is 17.1. The molecule has 0 radical (unpaired) electrons. The third-order valence-corrected chi connectivity index (χ3v) is 7.19. The molecule has 166 valence electrons. The minimum absolute atomic E-state index is 0.0235. The van der Waals surface area contributed by atoms with Crippen LogP contribution >= 0.6 is 11.6 Å². The average Bonchev–Trinajstić information content (AvgIpc) is 2.77. The van der Waals surface area contributed by atoms with Crippen molar-refractivity contribution in [1.82, 2.24) is 5.32 Å². The lowest BCUT2D eigenvalue weighted by atomic mass is 10.1. The predicted octanol–water partition coefficient (Wildman–Crippen LogP) is 2.66. The lowest BCUT2D eigenvalue weighted by molar-refractivity contribution is -0.119. The second-order valence-electron chi connectivity index (χ2n) is 7.52. The summed E-state index contributed by atoms with van der Waals surface area (Å²) in [7, 11) is -4.07. The number of hydrogen-bond donors (Lipinski definition) is 2. The number of nitrogens with two attached hydrogens (primary N) is 1. The molecule has 10 heteroatoms. The Morgan fingerprint density at radius 1 is 1.32 bits per heavy atom. The zero-order chi connectivity index (χ0) is 22.9. The fourth-order valence-electron chi connectivity index (χ4n) is 3.23. The van der Waals surface area contributed by atoms with Crippen LogP contribution in [-0.4, -0.2) is 38.1 Å². The number of anilines is 1. The molecule has 1 unspecified atom stereocenters. The van der Waals surface area contributed by atoms with Crippen molar-refractivity contribution in [3.8, 4) is 0 Å². The molecule has 3 rings (SSSR count). The summed E-state index contributed by atoms with van der Waals surface area (Å²) in [6.45, 7) is 3.60. The average molecular weight is 468 g/mol. The van der Waals surface area contributed by atoms with Crippen LogP contribution in [0.5, 0.6) is 0 Å². The van der Waals surface area contributed by atoms with E-state index < -0.39 is 39.3 Å². The van der Waals surface area contributed by atoms with Crippen LogP contribution in [0.3, 0.4) is 0 Å². The van der Waals surface area contributed by atoms with E-state index >= 15 is 0 Å². The largest absolute Gasteiger partial charge is 0.350 e. The van der Waals surface area contributed by atoms with Gasteiger partial charge in [0.1, 0.15) is 5.82 Å². The van der Waals surface area contributed by atoms with Gasteiger partial charge in [0.25, 0.3) is 5.91 Å². The van der Waals surface area contributed by atoms with E-state index in [-0.39, 0.29) is 28.7 Å². The maximum Gasteiger partial charge on any atom is 0.254 e. The Morgan fingerprint density at radius 2 is 1.97 bits per heavy atom. The molecule has 2 aromatic carbocycles. The van der Waals surface area contributed by atoms with Gasteiger partial charge in [0.2, 0.25) is 5.91 Å². The Hall–Kier alpha value is -2.49. The molecule has 2 aromatic rings. The molecule has 2 atom stereocenters. The third kappa shape index (κ3) is 4.89. The molecule has 7 nitrogen and oxygen atoms in total. The molecule has 0 saturated heterocycles. The van der Waals surface area contributed by atoms with Gasteiger partial charge in [0.15, 0.2) is 9.84 Å². The Morgan fingerprint density at radius 3 is 2.58 bits per heavy atom. The van der Waals surface area contributed by atoms with Crippen molar-refractivity contribution < 1.29 is 22.4 Å². The highest BCUT2D eigenvalue weighted by Gasteiger charge is 2.37. The molecule has 0 aromatic heterocycles. The quantitative estimate of drug-likeness (QED) is 0.702. The molecule has 0 saturated carbocycles. The topological polar surface area (TPSA) is 110 Å². The molecule has 3 N–H and O–H groups in total. The van der Waals surface area contributed by atoms with E-state index in [1.54, 1.807) is 31.2 Å². The summed E-state index contributed by atoms with van der Waals surface area (Å²) in [5.74, 6) is -2.98.